The van der Waals surface area contributed by atoms with Crippen molar-refractivity contribution in [2.75, 3.05) is 20.8 Å². The predicted molar refractivity (Wildman–Crippen MR) is 75.5 cm³/mol. The van der Waals surface area contributed by atoms with Crippen molar-refractivity contribution in [1.82, 2.24) is 4.90 Å². The van der Waals surface area contributed by atoms with Gasteiger partial charge in [0, 0.05) is 18.0 Å². The normalized spacial score (nSPS) is 21.2. The highest BCUT2D eigenvalue weighted by atomic mass is 35.5. The lowest BCUT2D eigenvalue weighted by atomic mass is 10.1. The molecule has 1 aromatic carbocycles. The van der Waals surface area contributed by atoms with Crippen LogP contribution in [0.1, 0.15) is 16.8 Å². The summed E-state index contributed by atoms with van der Waals surface area (Å²) in [6.07, 6.45) is -0.592. The van der Waals surface area contributed by atoms with Crippen LogP contribution in [0, 0.1) is 0 Å². The van der Waals surface area contributed by atoms with Crippen molar-refractivity contribution in [3.8, 4) is 5.75 Å². The van der Waals surface area contributed by atoms with E-state index in [2.05, 4.69) is 4.74 Å². The first-order chi connectivity index (χ1) is 9.97. The van der Waals surface area contributed by atoms with E-state index in [1.165, 1.54) is 31.3 Å². The van der Waals surface area contributed by atoms with Crippen molar-refractivity contribution < 1.29 is 24.2 Å². The third kappa shape index (κ3) is 3.11. The molecule has 1 heterocycles. The van der Waals surface area contributed by atoms with Crippen LogP contribution >= 0.6 is 11.6 Å². The number of hydrogen-bond donors (Lipinski definition) is 1. The number of ether oxygens (including phenoxy) is 2. The lowest BCUT2D eigenvalue weighted by Crippen LogP contribution is -2.41. The number of amides is 1. The first-order valence-electron chi connectivity index (χ1n) is 6.38. The van der Waals surface area contributed by atoms with Gasteiger partial charge in [-0.2, -0.15) is 0 Å². The second-order valence-corrected chi connectivity index (χ2v) is 5.17. The summed E-state index contributed by atoms with van der Waals surface area (Å²) in [7, 11) is 2.68. The largest absolute Gasteiger partial charge is 0.496 e. The Morgan fingerprint density at radius 3 is 2.71 bits per heavy atom. The summed E-state index contributed by atoms with van der Waals surface area (Å²) < 4.78 is 9.82. The van der Waals surface area contributed by atoms with E-state index < -0.39 is 24.0 Å². The van der Waals surface area contributed by atoms with Gasteiger partial charge in [0.15, 0.2) is 0 Å². The maximum Gasteiger partial charge on any atom is 0.328 e. The number of hydrogen-bond acceptors (Lipinski definition) is 5. The Morgan fingerprint density at radius 1 is 1.38 bits per heavy atom. The lowest BCUT2D eigenvalue weighted by molar-refractivity contribution is -0.145. The molecule has 1 aromatic rings. The zero-order valence-electron chi connectivity index (χ0n) is 11.7. The SMILES string of the molecule is COC(=O)C1CC(O)CN1C(=O)c1ccc(Cl)cc1OC. The van der Waals surface area contributed by atoms with E-state index in [1.807, 2.05) is 0 Å². The molecule has 0 aromatic heterocycles. The van der Waals surface area contributed by atoms with Crippen LogP contribution in [0.5, 0.6) is 5.75 Å². The van der Waals surface area contributed by atoms with E-state index in [9.17, 15) is 14.7 Å². The number of aliphatic hydroxyl groups excluding tert-OH is 1. The topological polar surface area (TPSA) is 76.1 Å². The molecule has 0 bridgehead atoms. The molecule has 0 radical (unpaired) electrons. The van der Waals surface area contributed by atoms with Crippen LogP contribution in [0.2, 0.25) is 5.02 Å². The summed E-state index contributed by atoms with van der Waals surface area (Å²) in [5, 5.41) is 10.2. The van der Waals surface area contributed by atoms with Gasteiger partial charge in [0.05, 0.1) is 25.9 Å². The molecule has 1 aliphatic heterocycles. The number of carbonyl (C=O) groups is 2. The molecular formula is C14H16ClNO5. The summed E-state index contributed by atoms with van der Waals surface area (Å²) >= 11 is 5.87. The first kappa shape index (κ1) is 15.6. The van der Waals surface area contributed by atoms with Crippen molar-refractivity contribution >= 4 is 23.5 Å². The molecule has 1 aliphatic rings. The van der Waals surface area contributed by atoms with Gasteiger partial charge in [-0.3, -0.25) is 4.79 Å². The molecule has 21 heavy (non-hydrogen) atoms. The van der Waals surface area contributed by atoms with Crippen molar-refractivity contribution in [3.63, 3.8) is 0 Å². The maximum atomic E-state index is 12.6. The fourth-order valence-corrected chi connectivity index (χ4v) is 2.56. The van der Waals surface area contributed by atoms with Gasteiger partial charge in [-0.25, -0.2) is 4.79 Å². The van der Waals surface area contributed by atoms with E-state index in [0.717, 1.165) is 0 Å². The van der Waals surface area contributed by atoms with Crippen molar-refractivity contribution in [2.45, 2.75) is 18.6 Å². The molecule has 2 atom stereocenters. The Morgan fingerprint density at radius 2 is 2.10 bits per heavy atom. The van der Waals surface area contributed by atoms with Crippen molar-refractivity contribution in [1.29, 1.82) is 0 Å². The minimum absolute atomic E-state index is 0.0738. The van der Waals surface area contributed by atoms with Gasteiger partial charge >= 0.3 is 5.97 Å². The van der Waals surface area contributed by atoms with E-state index in [-0.39, 0.29) is 18.5 Å². The van der Waals surface area contributed by atoms with Crippen LogP contribution in [0.3, 0.4) is 0 Å². The molecule has 1 amide bonds. The molecule has 114 valence electrons. The predicted octanol–water partition coefficient (Wildman–Crippen LogP) is 1.10. The van der Waals surface area contributed by atoms with Crippen LogP contribution in [-0.2, 0) is 9.53 Å². The van der Waals surface area contributed by atoms with E-state index in [0.29, 0.717) is 10.8 Å². The van der Waals surface area contributed by atoms with Crippen LogP contribution in [0.15, 0.2) is 18.2 Å². The van der Waals surface area contributed by atoms with Crippen LogP contribution in [0.25, 0.3) is 0 Å². The molecule has 2 rings (SSSR count). The molecule has 6 nitrogen and oxygen atoms in total. The zero-order valence-corrected chi connectivity index (χ0v) is 12.5. The average molecular weight is 314 g/mol. The van der Waals surface area contributed by atoms with E-state index >= 15 is 0 Å². The van der Waals surface area contributed by atoms with Crippen molar-refractivity contribution in [2.24, 2.45) is 0 Å². The number of aliphatic hydroxyl groups is 1. The Bertz CT molecular complexity index is 562. The second-order valence-electron chi connectivity index (χ2n) is 4.73. The van der Waals surface area contributed by atoms with Crippen LogP contribution in [-0.4, -0.2) is 54.8 Å². The maximum absolute atomic E-state index is 12.6. The number of benzene rings is 1. The zero-order chi connectivity index (χ0) is 15.6. The van der Waals surface area contributed by atoms with Gasteiger partial charge in [-0.1, -0.05) is 11.6 Å². The Kier molecular flexibility index (Phi) is 4.69. The van der Waals surface area contributed by atoms with Gasteiger partial charge in [0.2, 0.25) is 0 Å². The quantitative estimate of drug-likeness (QED) is 0.846. The number of carbonyl (C=O) groups excluding carboxylic acids is 2. The lowest BCUT2D eigenvalue weighted by Gasteiger charge is -2.23. The fraction of sp³-hybridized carbons (Fsp3) is 0.429. The minimum atomic E-state index is -0.794. The second kappa shape index (κ2) is 6.32. The third-order valence-corrected chi connectivity index (χ3v) is 3.64. The minimum Gasteiger partial charge on any atom is -0.496 e. The summed E-state index contributed by atoms with van der Waals surface area (Å²) in [5.74, 6) is -0.638. The van der Waals surface area contributed by atoms with Gasteiger partial charge in [-0.05, 0) is 18.2 Å². The molecule has 7 heteroatoms. The molecule has 0 saturated carbocycles. The summed E-state index contributed by atoms with van der Waals surface area (Å²) in [6.45, 7) is 0.0738. The first-order valence-corrected chi connectivity index (χ1v) is 6.76. The highest BCUT2D eigenvalue weighted by molar-refractivity contribution is 6.30. The molecule has 1 saturated heterocycles. The summed E-state index contributed by atoms with van der Waals surface area (Å²) in [6, 6.07) is 3.83. The van der Waals surface area contributed by atoms with Gasteiger partial charge < -0.3 is 19.5 Å². The number of methoxy groups -OCH3 is 2. The molecular weight excluding hydrogens is 298 g/mol. The Labute approximate surface area is 127 Å². The summed E-state index contributed by atoms with van der Waals surface area (Å²) in [4.78, 5) is 25.6. The Hall–Kier alpha value is -1.79. The van der Waals surface area contributed by atoms with E-state index in [1.54, 1.807) is 6.07 Å². The highest BCUT2D eigenvalue weighted by Crippen LogP contribution is 2.28. The molecule has 0 spiro atoms. The Balaban J connectivity index is 2.32. The standard InChI is InChI=1S/C14H16ClNO5/c1-20-12-5-8(15)3-4-10(12)13(18)16-7-9(17)6-11(16)14(19)21-2/h3-5,9,11,17H,6-7H2,1-2H3. The average Bonchev–Trinajstić information content (AvgIpc) is 2.87. The summed E-state index contributed by atoms with van der Waals surface area (Å²) in [5.41, 5.74) is 0.282. The fourth-order valence-electron chi connectivity index (χ4n) is 2.39. The van der Waals surface area contributed by atoms with Crippen molar-refractivity contribution in [3.05, 3.63) is 28.8 Å². The van der Waals surface area contributed by atoms with Gasteiger partial charge in [-0.15, -0.1) is 0 Å². The molecule has 0 aliphatic carbocycles. The number of β-amino-alcohol motifs (C(OH)–C–C–N with tert-alkyl or cyclic N) is 1. The van der Waals surface area contributed by atoms with Gasteiger partial charge in [0.1, 0.15) is 11.8 Å². The number of likely N-dealkylation sites (tertiary alicyclic amines) is 1. The number of rotatable bonds is 3. The van der Waals surface area contributed by atoms with Crippen LogP contribution in [0.4, 0.5) is 0 Å². The van der Waals surface area contributed by atoms with E-state index in [4.69, 9.17) is 16.3 Å². The monoisotopic (exact) mass is 313 g/mol. The van der Waals surface area contributed by atoms with Crippen LogP contribution < -0.4 is 4.74 Å². The van der Waals surface area contributed by atoms with Gasteiger partial charge in [0.25, 0.3) is 5.91 Å². The number of nitrogens with zero attached hydrogens (tertiary/aromatic N) is 1. The smallest absolute Gasteiger partial charge is 0.328 e. The molecule has 1 fully saturated rings. The molecule has 2 unspecified atom stereocenters. The number of esters is 1. The molecule has 1 N–H and O–H groups in total. The number of halogens is 1. The highest BCUT2D eigenvalue weighted by Gasteiger charge is 2.40. The third-order valence-electron chi connectivity index (χ3n) is 3.41.